The van der Waals surface area contributed by atoms with Gasteiger partial charge in [0.25, 0.3) is 11.8 Å². The maximum atomic E-state index is 12.8. The van der Waals surface area contributed by atoms with Gasteiger partial charge in [-0.25, -0.2) is 9.59 Å². The van der Waals surface area contributed by atoms with Crippen molar-refractivity contribution in [1.82, 2.24) is 9.80 Å². The quantitative estimate of drug-likeness (QED) is 0.437. The zero-order valence-corrected chi connectivity index (χ0v) is 24.3. The molecule has 2 atom stereocenters. The fraction of sp³-hybridized carbons (Fsp3) is 0.643. The molecule has 0 saturated carbocycles. The molecule has 2 aliphatic heterocycles. The average Bonchev–Trinajstić information content (AvgIpc) is 3.50. The van der Waals surface area contributed by atoms with Crippen LogP contribution in [0.4, 0.5) is 0 Å². The second-order valence-electron chi connectivity index (χ2n) is 11.7. The summed E-state index contributed by atoms with van der Waals surface area (Å²) in [5.74, 6) is -0.899. The second kappa shape index (κ2) is 12.4. The molecule has 0 spiro atoms. The maximum absolute atomic E-state index is 12.8. The van der Waals surface area contributed by atoms with Gasteiger partial charge in [0.15, 0.2) is 13.2 Å². The molecule has 0 bridgehead atoms. The van der Waals surface area contributed by atoms with E-state index in [0.29, 0.717) is 44.5 Å². The molecule has 2 saturated heterocycles. The number of carbonyl (C=O) groups is 4. The van der Waals surface area contributed by atoms with E-state index in [1.54, 1.807) is 53.7 Å². The van der Waals surface area contributed by atoms with Crippen molar-refractivity contribution in [3.05, 3.63) is 23.2 Å². The van der Waals surface area contributed by atoms with Crippen LogP contribution in [-0.4, -0.2) is 83.1 Å². The molecule has 2 heterocycles. The zero-order valence-electron chi connectivity index (χ0n) is 23.6. The van der Waals surface area contributed by atoms with Gasteiger partial charge in [0, 0.05) is 19.2 Å². The number of esters is 2. The Morgan fingerprint density at radius 3 is 1.69 bits per heavy atom. The number of hydrogen-bond acceptors (Lipinski definition) is 8. The van der Waals surface area contributed by atoms with E-state index in [9.17, 15) is 19.2 Å². The van der Waals surface area contributed by atoms with Crippen molar-refractivity contribution in [2.75, 3.05) is 26.3 Å². The minimum Gasteiger partial charge on any atom is -0.484 e. The molecule has 2 fully saturated rings. The van der Waals surface area contributed by atoms with Crippen molar-refractivity contribution in [2.24, 2.45) is 0 Å². The molecule has 3 rings (SSSR count). The largest absolute Gasteiger partial charge is 0.484 e. The minimum absolute atomic E-state index is 0.200. The van der Waals surface area contributed by atoms with Crippen molar-refractivity contribution in [3.63, 3.8) is 0 Å². The van der Waals surface area contributed by atoms with Gasteiger partial charge < -0.3 is 28.7 Å². The van der Waals surface area contributed by atoms with Gasteiger partial charge in [0.2, 0.25) is 0 Å². The van der Waals surface area contributed by atoms with E-state index in [0.717, 1.165) is 0 Å². The molecular weight excluding hydrogens is 528 g/mol. The van der Waals surface area contributed by atoms with Crippen LogP contribution in [0.1, 0.15) is 67.2 Å². The normalized spacial score (nSPS) is 19.6. The molecular formula is C28H39ClN2O8. The first-order chi connectivity index (χ1) is 18.1. The smallest absolute Gasteiger partial charge is 0.329 e. The van der Waals surface area contributed by atoms with E-state index in [4.69, 9.17) is 30.5 Å². The number of halogens is 1. The van der Waals surface area contributed by atoms with Crippen molar-refractivity contribution in [1.29, 1.82) is 0 Å². The van der Waals surface area contributed by atoms with Gasteiger partial charge in [-0.05, 0) is 79.4 Å². The fourth-order valence-electron chi connectivity index (χ4n) is 4.50. The Bertz CT molecular complexity index is 1080. The van der Waals surface area contributed by atoms with Gasteiger partial charge in [0.1, 0.15) is 34.8 Å². The van der Waals surface area contributed by atoms with Gasteiger partial charge in [-0.3, -0.25) is 9.59 Å². The molecule has 11 heteroatoms. The van der Waals surface area contributed by atoms with Crippen molar-refractivity contribution >= 4 is 35.4 Å². The van der Waals surface area contributed by atoms with E-state index in [2.05, 4.69) is 0 Å². The topological polar surface area (TPSA) is 112 Å². The van der Waals surface area contributed by atoms with Crippen LogP contribution in [0.3, 0.4) is 0 Å². The Balaban J connectivity index is 1.51. The van der Waals surface area contributed by atoms with Crippen LogP contribution >= 0.6 is 11.6 Å². The van der Waals surface area contributed by atoms with E-state index < -0.39 is 35.2 Å². The Labute approximate surface area is 234 Å². The molecule has 39 heavy (non-hydrogen) atoms. The number of amides is 2. The lowest BCUT2D eigenvalue weighted by Gasteiger charge is -2.27. The van der Waals surface area contributed by atoms with Crippen molar-refractivity contribution < 1.29 is 38.1 Å². The number of rotatable bonds is 8. The Hall–Kier alpha value is -3.01. The highest BCUT2D eigenvalue weighted by atomic mass is 35.5. The summed E-state index contributed by atoms with van der Waals surface area (Å²) < 4.78 is 22.1. The Morgan fingerprint density at radius 2 is 1.26 bits per heavy atom. The molecule has 10 nitrogen and oxygen atoms in total. The Kier molecular flexibility index (Phi) is 9.74. The van der Waals surface area contributed by atoms with Gasteiger partial charge in [-0.15, -0.1) is 0 Å². The lowest BCUT2D eigenvalue weighted by atomic mass is 10.1. The lowest BCUT2D eigenvalue weighted by molar-refractivity contribution is -0.164. The summed E-state index contributed by atoms with van der Waals surface area (Å²) in [7, 11) is 0. The van der Waals surface area contributed by atoms with Crippen LogP contribution < -0.4 is 9.47 Å². The fourth-order valence-corrected chi connectivity index (χ4v) is 4.72. The second-order valence-corrected chi connectivity index (χ2v) is 12.1. The van der Waals surface area contributed by atoms with Crippen molar-refractivity contribution in [2.45, 2.75) is 90.5 Å². The van der Waals surface area contributed by atoms with Gasteiger partial charge in [0.05, 0.1) is 5.02 Å². The molecule has 0 N–H and O–H groups in total. The molecule has 2 amide bonds. The molecule has 1 aromatic carbocycles. The van der Waals surface area contributed by atoms with Crippen LogP contribution in [0.2, 0.25) is 5.02 Å². The first kappa shape index (κ1) is 30.5. The average molecular weight is 567 g/mol. The maximum Gasteiger partial charge on any atom is 0.329 e. The summed E-state index contributed by atoms with van der Waals surface area (Å²) in [6.45, 7) is 11.1. The van der Waals surface area contributed by atoms with Gasteiger partial charge >= 0.3 is 11.9 Å². The lowest BCUT2D eigenvalue weighted by Crippen LogP contribution is -2.45. The monoisotopic (exact) mass is 566 g/mol. The predicted molar refractivity (Wildman–Crippen MR) is 144 cm³/mol. The molecule has 0 aliphatic carbocycles. The van der Waals surface area contributed by atoms with Gasteiger partial charge in [-0.2, -0.15) is 0 Å². The highest BCUT2D eigenvalue weighted by molar-refractivity contribution is 6.32. The highest BCUT2D eigenvalue weighted by Crippen LogP contribution is 2.30. The molecule has 216 valence electrons. The number of benzene rings is 1. The van der Waals surface area contributed by atoms with Crippen LogP contribution in [0.5, 0.6) is 11.5 Å². The van der Waals surface area contributed by atoms with E-state index in [-0.39, 0.29) is 35.8 Å². The van der Waals surface area contributed by atoms with E-state index in [1.165, 1.54) is 15.9 Å². The van der Waals surface area contributed by atoms with Crippen LogP contribution in [0.25, 0.3) is 0 Å². The first-order valence-corrected chi connectivity index (χ1v) is 13.6. The number of ether oxygens (including phenoxy) is 4. The van der Waals surface area contributed by atoms with Crippen LogP contribution in [-0.2, 0) is 28.7 Å². The third kappa shape index (κ3) is 8.74. The van der Waals surface area contributed by atoms with Gasteiger partial charge in [-0.1, -0.05) is 11.6 Å². The SMILES string of the molecule is CC(C)(C)OC(=O)C1CCCN1C(=O)COc1ccc(OCC(=O)N2CCCC2C(=O)OC(C)(C)C)c(Cl)c1. The molecule has 0 aromatic heterocycles. The van der Waals surface area contributed by atoms with E-state index >= 15 is 0 Å². The van der Waals surface area contributed by atoms with Crippen LogP contribution in [0.15, 0.2) is 18.2 Å². The summed E-state index contributed by atoms with van der Waals surface area (Å²) in [6, 6.07) is 3.36. The summed E-state index contributed by atoms with van der Waals surface area (Å²) in [4.78, 5) is 53.5. The zero-order chi connectivity index (χ0) is 29.0. The van der Waals surface area contributed by atoms with E-state index in [1.807, 2.05) is 0 Å². The molecule has 0 radical (unpaired) electrons. The predicted octanol–water partition coefficient (Wildman–Crippen LogP) is 3.76. The summed E-state index contributed by atoms with van der Waals surface area (Å²) in [5.41, 5.74) is -1.27. The molecule has 1 aromatic rings. The summed E-state index contributed by atoms with van der Waals surface area (Å²) >= 11 is 6.33. The summed E-state index contributed by atoms with van der Waals surface area (Å²) in [6.07, 6.45) is 2.51. The number of likely N-dealkylation sites (tertiary alicyclic amines) is 2. The standard InChI is InChI=1S/C28H39ClN2O8/c1-27(2,3)38-25(34)20-9-7-13-30(20)23(32)16-36-18-11-12-22(19(29)15-18)37-17-24(33)31-14-8-10-21(31)26(35)39-28(4,5)6/h11-12,15,20-21H,7-10,13-14,16-17H2,1-6H3. The highest BCUT2D eigenvalue weighted by Gasteiger charge is 2.38. The van der Waals surface area contributed by atoms with Crippen LogP contribution in [0, 0.1) is 0 Å². The third-order valence-corrected chi connectivity index (χ3v) is 6.42. The number of carbonyl (C=O) groups excluding carboxylic acids is 4. The minimum atomic E-state index is -0.638. The molecule has 2 unspecified atom stereocenters. The van der Waals surface area contributed by atoms with Crippen molar-refractivity contribution in [3.8, 4) is 11.5 Å². The molecule has 2 aliphatic rings. The number of nitrogens with zero attached hydrogens (tertiary/aromatic N) is 2. The Morgan fingerprint density at radius 1 is 0.795 bits per heavy atom. The number of hydrogen-bond donors (Lipinski definition) is 0. The first-order valence-electron chi connectivity index (χ1n) is 13.2. The third-order valence-electron chi connectivity index (χ3n) is 6.12. The summed E-state index contributed by atoms with van der Waals surface area (Å²) in [5, 5.41) is 0.200.